The summed E-state index contributed by atoms with van der Waals surface area (Å²) in [4.78, 5) is 0. The van der Waals surface area contributed by atoms with Gasteiger partial charge in [0, 0.05) is 0 Å². The minimum atomic E-state index is 1.32. The fraction of sp³-hybridized carbons (Fsp3) is 0. The van der Waals surface area contributed by atoms with Gasteiger partial charge in [-0.05, 0) is 89.6 Å². The van der Waals surface area contributed by atoms with Gasteiger partial charge in [0.15, 0.2) is 0 Å². The lowest BCUT2D eigenvalue weighted by atomic mass is 10.0. The quantitative estimate of drug-likeness (QED) is 0.401. The molecule has 0 bridgehead atoms. The van der Waals surface area contributed by atoms with Gasteiger partial charge < -0.3 is 0 Å². The average molecular weight is 302 g/mol. The normalized spacial score (nSPS) is 12.8. The zero-order chi connectivity index (χ0) is 15.7. The van der Waals surface area contributed by atoms with Crippen LogP contribution in [0, 0.1) is 20.9 Å². The topological polar surface area (TPSA) is 0 Å². The summed E-state index contributed by atoms with van der Waals surface area (Å²) in [5, 5.41) is 10.7. The van der Waals surface area contributed by atoms with Gasteiger partial charge >= 0.3 is 0 Å². The smallest absolute Gasteiger partial charge is 0.00988 e. The van der Waals surface area contributed by atoms with E-state index in [-0.39, 0.29) is 0 Å². The first-order valence-corrected chi connectivity index (χ1v) is 8.37. The van der Waals surface area contributed by atoms with Crippen molar-refractivity contribution in [1.29, 1.82) is 0 Å². The highest BCUT2D eigenvalue weighted by Crippen LogP contribution is 2.24. The van der Waals surface area contributed by atoms with Crippen LogP contribution in [0.4, 0.5) is 0 Å². The highest BCUT2D eigenvalue weighted by atomic mass is 14.1. The summed E-state index contributed by atoms with van der Waals surface area (Å²) < 4.78 is 0. The molecule has 0 amide bonds. The maximum absolute atomic E-state index is 2.35. The van der Waals surface area contributed by atoms with Crippen molar-refractivity contribution in [3.05, 3.63) is 115 Å². The first-order valence-electron chi connectivity index (χ1n) is 8.37. The highest BCUT2D eigenvalue weighted by molar-refractivity contribution is 5.88. The molecule has 0 radical (unpaired) electrons. The Kier molecular flexibility index (Phi) is 2.18. The molecule has 2 aliphatic carbocycles. The van der Waals surface area contributed by atoms with Gasteiger partial charge in [-0.25, -0.2) is 0 Å². The van der Waals surface area contributed by atoms with Crippen molar-refractivity contribution in [3.63, 3.8) is 0 Å². The molecule has 0 unspecified atom stereocenters. The van der Waals surface area contributed by atoms with Crippen molar-refractivity contribution in [1.82, 2.24) is 0 Å². The minimum Gasteiger partial charge on any atom is -0.0616 e. The van der Waals surface area contributed by atoms with E-state index < -0.39 is 0 Å². The maximum atomic E-state index is 2.35. The Balaban J connectivity index is 1.81. The standard InChI is InChI=1S/C24H14/c1-3-7-21-15(5-1)9-19-11-17-14-24-20(12-18(17)13-23(19)21)10-16-6-2-4-8-22(16)24/h1-14H. The Morgan fingerprint density at radius 2 is 0.875 bits per heavy atom. The summed E-state index contributed by atoms with van der Waals surface area (Å²) in [7, 11) is 0. The molecule has 0 saturated heterocycles. The van der Waals surface area contributed by atoms with E-state index in [2.05, 4.69) is 84.9 Å². The molecule has 0 aliphatic heterocycles. The number of rotatable bonds is 0. The second-order valence-corrected chi connectivity index (χ2v) is 6.69. The SMILES string of the molecule is C1=c2ccccc2=c2cc3cc4c(cc3cc21)=c1ccccc1=C4. The predicted octanol–water partition coefficient (Wildman–Crippen LogP) is 3.70. The van der Waals surface area contributed by atoms with Crippen LogP contribution in [0.15, 0.2) is 72.8 Å². The number of fused-ring (bicyclic) bond motifs is 5. The molecule has 110 valence electrons. The third kappa shape index (κ3) is 1.53. The molecule has 0 aromatic heterocycles. The molecule has 0 spiro atoms. The molecule has 6 rings (SSSR count). The summed E-state index contributed by atoms with van der Waals surface area (Å²) in [6, 6.07) is 26.7. The van der Waals surface area contributed by atoms with Crippen LogP contribution >= 0.6 is 0 Å². The Bertz CT molecular complexity index is 1370. The van der Waals surface area contributed by atoms with Gasteiger partial charge in [-0.1, -0.05) is 48.5 Å². The monoisotopic (exact) mass is 302 g/mol. The maximum Gasteiger partial charge on any atom is -0.00988 e. The number of hydrogen-bond donors (Lipinski definition) is 0. The molecule has 0 heteroatoms. The van der Waals surface area contributed by atoms with Gasteiger partial charge in [0.2, 0.25) is 0 Å². The third-order valence-corrected chi connectivity index (χ3v) is 5.30. The van der Waals surface area contributed by atoms with Crippen molar-refractivity contribution in [2.45, 2.75) is 0 Å². The van der Waals surface area contributed by atoms with Crippen LogP contribution < -0.4 is 10.4 Å². The van der Waals surface area contributed by atoms with Gasteiger partial charge in [-0.15, -0.1) is 0 Å². The van der Waals surface area contributed by atoms with E-state index in [1.807, 2.05) is 0 Å². The van der Waals surface area contributed by atoms with E-state index in [9.17, 15) is 0 Å². The van der Waals surface area contributed by atoms with E-state index >= 15 is 0 Å². The fourth-order valence-electron chi connectivity index (χ4n) is 4.16. The molecule has 0 fully saturated rings. The largest absolute Gasteiger partial charge is 0.0616 e. The Morgan fingerprint density at radius 1 is 0.417 bits per heavy atom. The van der Waals surface area contributed by atoms with E-state index in [4.69, 9.17) is 0 Å². The summed E-state index contributed by atoms with van der Waals surface area (Å²) in [5.74, 6) is 0. The Morgan fingerprint density at radius 3 is 1.38 bits per heavy atom. The van der Waals surface area contributed by atoms with Crippen LogP contribution in [-0.2, 0) is 0 Å². The molecule has 0 nitrogen and oxygen atoms in total. The van der Waals surface area contributed by atoms with Crippen LogP contribution in [0.2, 0.25) is 0 Å². The molecular formula is C24H14. The molecule has 4 aromatic carbocycles. The summed E-state index contributed by atoms with van der Waals surface area (Å²) in [5.41, 5.74) is 2.66. The number of benzene rings is 4. The molecule has 0 atom stereocenters. The third-order valence-electron chi connectivity index (χ3n) is 5.30. The molecule has 24 heavy (non-hydrogen) atoms. The molecule has 0 saturated carbocycles. The van der Waals surface area contributed by atoms with Crippen LogP contribution in [0.3, 0.4) is 0 Å². The van der Waals surface area contributed by atoms with E-state index in [0.717, 1.165) is 0 Å². The van der Waals surface area contributed by atoms with Crippen molar-refractivity contribution < 1.29 is 0 Å². The fourth-order valence-corrected chi connectivity index (χ4v) is 4.16. The second kappa shape index (κ2) is 4.24. The molecule has 4 aromatic rings. The zero-order valence-corrected chi connectivity index (χ0v) is 13.1. The lowest BCUT2D eigenvalue weighted by Gasteiger charge is -2.02. The van der Waals surface area contributed by atoms with E-state index in [0.29, 0.717) is 0 Å². The van der Waals surface area contributed by atoms with E-state index in [1.54, 1.807) is 0 Å². The number of hydrogen-bond acceptors (Lipinski definition) is 0. The van der Waals surface area contributed by atoms with Crippen LogP contribution in [-0.4, -0.2) is 0 Å². The molecular weight excluding hydrogens is 288 g/mol. The van der Waals surface area contributed by atoms with Crippen molar-refractivity contribution >= 4 is 22.9 Å². The molecule has 0 N–H and O–H groups in total. The first kappa shape index (κ1) is 12.3. The van der Waals surface area contributed by atoms with Crippen LogP contribution in [0.5, 0.6) is 0 Å². The second-order valence-electron chi connectivity index (χ2n) is 6.69. The predicted molar refractivity (Wildman–Crippen MR) is 98.6 cm³/mol. The summed E-state index contributed by atoms with van der Waals surface area (Å²) >= 11 is 0. The zero-order valence-electron chi connectivity index (χ0n) is 13.1. The van der Waals surface area contributed by atoms with Gasteiger partial charge in [-0.3, -0.25) is 0 Å². The Hall–Kier alpha value is -3.12. The van der Waals surface area contributed by atoms with Crippen molar-refractivity contribution in [2.75, 3.05) is 0 Å². The van der Waals surface area contributed by atoms with E-state index in [1.165, 1.54) is 53.2 Å². The average Bonchev–Trinajstić information content (AvgIpc) is 3.15. The van der Waals surface area contributed by atoms with Gasteiger partial charge in [0.05, 0.1) is 0 Å². The van der Waals surface area contributed by atoms with Gasteiger partial charge in [0.1, 0.15) is 0 Å². The van der Waals surface area contributed by atoms with Crippen molar-refractivity contribution in [3.8, 4) is 0 Å². The lowest BCUT2D eigenvalue weighted by Crippen LogP contribution is -1.96. The summed E-state index contributed by atoms with van der Waals surface area (Å²) in [6.07, 6.45) is 4.61. The van der Waals surface area contributed by atoms with Gasteiger partial charge in [-0.2, -0.15) is 0 Å². The summed E-state index contributed by atoms with van der Waals surface area (Å²) in [6.45, 7) is 0. The molecule has 2 aliphatic rings. The van der Waals surface area contributed by atoms with Crippen LogP contribution in [0.25, 0.3) is 22.9 Å². The van der Waals surface area contributed by atoms with Crippen LogP contribution in [0.1, 0.15) is 11.1 Å². The first-order chi connectivity index (χ1) is 11.9. The van der Waals surface area contributed by atoms with Gasteiger partial charge in [0.25, 0.3) is 0 Å². The lowest BCUT2D eigenvalue weighted by molar-refractivity contribution is 1.48. The highest BCUT2D eigenvalue weighted by Gasteiger charge is 2.08. The Labute approximate surface area is 138 Å². The molecule has 0 heterocycles. The van der Waals surface area contributed by atoms with Crippen molar-refractivity contribution in [2.24, 2.45) is 0 Å². The minimum absolute atomic E-state index is 1.32.